The molecule has 0 saturated carbocycles. The lowest BCUT2D eigenvalue weighted by Gasteiger charge is -2.15. The Bertz CT molecular complexity index is 893. The summed E-state index contributed by atoms with van der Waals surface area (Å²) in [5, 5.41) is 15.6. The van der Waals surface area contributed by atoms with Crippen molar-refractivity contribution >= 4 is 34.5 Å². The summed E-state index contributed by atoms with van der Waals surface area (Å²) < 4.78 is 17.0. The molecule has 1 aromatic heterocycles. The third-order valence-electron chi connectivity index (χ3n) is 3.78. The molecule has 0 saturated heterocycles. The van der Waals surface area contributed by atoms with Gasteiger partial charge in [-0.2, -0.15) is 5.10 Å². The minimum Gasteiger partial charge on any atom is -0.480 e. The van der Waals surface area contributed by atoms with E-state index in [4.69, 9.17) is 0 Å². The van der Waals surface area contributed by atoms with Crippen molar-refractivity contribution in [2.45, 2.75) is 39.4 Å². The quantitative estimate of drug-likeness (QED) is 0.579. The van der Waals surface area contributed by atoms with E-state index in [0.29, 0.717) is 12.4 Å². The second-order valence-corrected chi connectivity index (χ2v) is 6.88. The second-order valence-electron chi connectivity index (χ2n) is 5.63. The molecule has 0 aliphatic rings. The van der Waals surface area contributed by atoms with Crippen LogP contribution < -0.4 is 11.0 Å². The third-order valence-corrected chi connectivity index (χ3v) is 4.45. The summed E-state index contributed by atoms with van der Waals surface area (Å²) in [4.78, 5) is 35.6. The summed E-state index contributed by atoms with van der Waals surface area (Å²) in [7, 11) is 0. The number of hydrogen-bond donors (Lipinski definition) is 2. The van der Waals surface area contributed by atoms with Crippen molar-refractivity contribution in [2.75, 3.05) is 0 Å². The fourth-order valence-electron chi connectivity index (χ4n) is 2.51. The normalized spacial score (nSPS) is 12.0. The Balaban J connectivity index is 2.12. The molecular formula is C16H18FIN4O4. The van der Waals surface area contributed by atoms with Crippen LogP contribution >= 0.6 is 22.6 Å². The third kappa shape index (κ3) is 4.68. The van der Waals surface area contributed by atoms with Crippen LogP contribution in [0.1, 0.15) is 18.3 Å². The van der Waals surface area contributed by atoms with E-state index < -0.39 is 36.0 Å². The molecule has 1 unspecified atom stereocenters. The molecule has 0 aliphatic carbocycles. The number of aliphatic carboxylic acids is 1. The molecule has 1 heterocycles. The number of benzene rings is 1. The fraction of sp³-hybridized carbons (Fsp3) is 0.375. The van der Waals surface area contributed by atoms with Gasteiger partial charge in [-0.25, -0.2) is 18.7 Å². The van der Waals surface area contributed by atoms with Crippen LogP contribution in [-0.2, 0) is 29.1 Å². The summed E-state index contributed by atoms with van der Waals surface area (Å²) in [5.41, 5.74) is -0.261. The molecule has 0 fully saturated rings. The number of amides is 1. The lowest BCUT2D eigenvalue weighted by atomic mass is 10.1. The van der Waals surface area contributed by atoms with Gasteiger partial charge in [0.15, 0.2) is 0 Å². The highest BCUT2D eigenvalue weighted by atomic mass is 127. The first kappa shape index (κ1) is 20.1. The molecule has 1 atom stereocenters. The first-order chi connectivity index (χ1) is 12.2. The van der Waals surface area contributed by atoms with E-state index in [9.17, 15) is 23.9 Å². The summed E-state index contributed by atoms with van der Waals surface area (Å²) >= 11 is 1.99. The number of aryl methyl sites for hydroxylation is 1. The van der Waals surface area contributed by atoms with Gasteiger partial charge in [-0.05, 0) is 60.2 Å². The molecule has 10 heteroatoms. The van der Waals surface area contributed by atoms with Crippen molar-refractivity contribution in [2.24, 2.45) is 0 Å². The van der Waals surface area contributed by atoms with E-state index in [2.05, 4.69) is 10.4 Å². The van der Waals surface area contributed by atoms with Crippen LogP contribution in [0.4, 0.5) is 4.39 Å². The number of carboxylic acid groups (broad SMARTS) is 1. The number of aromatic nitrogens is 3. The molecule has 0 aliphatic heterocycles. The monoisotopic (exact) mass is 476 g/mol. The van der Waals surface area contributed by atoms with Gasteiger partial charge < -0.3 is 10.4 Å². The minimum atomic E-state index is -1.32. The predicted molar refractivity (Wildman–Crippen MR) is 99.3 cm³/mol. The topological polar surface area (TPSA) is 106 Å². The summed E-state index contributed by atoms with van der Waals surface area (Å²) in [6.07, 6.45) is -0.207. The number of halogens is 2. The van der Waals surface area contributed by atoms with E-state index >= 15 is 0 Å². The maximum Gasteiger partial charge on any atom is 0.346 e. The lowest BCUT2D eigenvalue weighted by Crippen LogP contribution is -2.45. The van der Waals surface area contributed by atoms with Crippen molar-refractivity contribution in [1.29, 1.82) is 0 Å². The molecule has 1 aromatic carbocycles. The number of nitrogens with one attached hydrogen (secondary N) is 1. The number of carbonyl (C=O) groups is 2. The molecule has 0 bridgehead atoms. The average Bonchev–Trinajstić information content (AvgIpc) is 2.83. The Morgan fingerprint density at radius 1 is 1.42 bits per heavy atom. The Hall–Kier alpha value is -2.24. The van der Waals surface area contributed by atoms with Crippen LogP contribution in [0.5, 0.6) is 0 Å². The maximum atomic E-state index is 13.8. The Kier molecular flexibility index (Phi) is 6.51. The largest absolute Gasteiger partial charge is 0.480 e. The highest BCUT2D eigenvalue weighted by Gasteiger charge is 2.23. The molecule has 0 spiro atoms. The standard InChI is InChI=1S/C16H18FIN4O4/c1-3-21-9(2)20-22(16(21)26)8-14(23)19-13(15(24)25)7-10-6-11(18)4-5-12(10)17/h4-6,13H,3,7-8H2,1-2H3,(H,19,23)(H,24,25). The van der Waals surface area contributed by atoms with E-state index in [1.807, 2.05) is 22.6 Å². The second kappa shape index (κ2) is 8.43. The molecule has 1 amide bonds. The lowest BCUT2D eigenvalue weighted by molar-refractivity contribution is -0.141. The molecule has 2 aromatic rings. The van der Waals surface area contributed by atoms with Crippen molar-refractivity contribution in [3.8, 4) is 0 Å². The van der Waals surface area contributed by atoms with Gasteiger partial charge in [0.1, 0.15) is 24.2 Å². The van der Waals surface area contributed by atoms with Crippen LogP contribution in [0, 0.1) is 16.3 Å². The minimum absolute atomic E-state index is 0.188. The van der Waals surface area contributed by atoms with Gasteiger partial charge in [0.05, 0.1) is 0 Å². The van der Waals surface area contributed by atoms with E-state index in [0.717, 1.165) is 8.25 Å². The molecular weight excluding hydrogens is 458 g/mol. The van der Waals surface area contributed by atoms with Gasteiger partial charge in [0.25, 0.3) is 0 Å². The zero-order chi connectivity index (χ0) is 19.4. The molecule has 8 nitrogen and oxygen atoms in total. The molecule has 140 valence electrons. The van der Waals surface area contributed by atoms with Crippen molar-refractivity contribution < 1.29 is 19.1 Å². The highest BCUT2D eigenvalue weighted by molar-refractivity contribution is 14.1. The smallest absolute Gasteiger partial charge is 0.346 e. The van der Waals surface area contributed by atoms with Crippen LogP contribution in [-0.4, -0.2) is 37.4 Å². The molecule has 26 heavy (non-hydrogen) atoms. The van der Waals surface area contributed by atoms with E-state index in [-0.39, 0.29) is 12.0 Å². The number of rotatable bonds is 7. The van der Waals surface area contributed by atoms with Crippen molar-refractivity contribution in [3.05, 3.63) is 49.5 Å². The van der Waals surface area contributed by atoms with E-state index in [1.165, 1.54) is 16.7 Å². The van der Waals surface area contributed by atoms with Crippen molar-refractivity contribution in [1.82, 2.24) is 19.7 Å². The number of hydrogen-bond acceptors (Lipinski definition) is 4. The van der Waals surface area contributed by atoms with Crippen LogP contribution in [0.2, 0.25) is 0 Å². The zero-order valence-electron chi connectivity index (χ0n) is 14.2. The number of nitrogens with zero attached hydrogens (tertiary/aromatic N) is 3. The summed E-state index contributed by atoms with van der Waals surface area (Å²) in [6, 6.07) is 3.01. The maximum absolute atomic E-state index is 13.8. The van der Waals surface area contributed by atoms with Crippen molar-refractivity contribution in [3.63, 3.8) is 0 Å². The Morgan fingerprint density at radius 2 is 2.12 bits per heavy atom. The van der Waals surface area contributed by atoms with Gasteiger partial charge >= 0.3 is 11.7 Å². The van der Waals surface area contributed by atoms with Gasteiger partial charge in [0.2, 0.25) is 5.91 Å². The van der Waals surface area contributed by atoms with Crippen LogP contribution in [0.3, 0.4) is 0 Å². The molecule has 2 N–H and O–H groups in total. The van der Waals surface area contributed by atoms with Crippen LogP contribution in [0.15, 0.2) is 23.0 Å². The van der Waals surface area contributed by atoms with Gasteiger partial charge in [0, 0.05) is 16.5 Å². The first-order valence-electron chi connectivity index (χ1n) is 7.83. The highest BCUT2D eigenvalue weighted by Crippen LogP contribution is 2.14. The fourth-order valence-corrected chi connectivity index (χ4v) is 3.07. The molecule has 0 radical (unpaired) electrons. The van der Waals surface area contributed by atoms with E-state index in [1.54, 1.807) is 19.9 Å². The summed E-state index contributed by atoms with van der Waals surface area (Å²) in [6.45, 7) is 3.41. The van der Waals surface area contributed by atoms with Gasteiger partial charge in [-0.3, -0.25) is 9.36 Å². The van der Waals surface area contributed by atoms with Crippen LogP contribution in [0.25, 0.3) is 0 Å². The number of carboxylic acids is 1. The SMILES string of the molecule is CCn1c(C)nn(CC(=O)NC(Cc2cc(I)ccc2F)C(=O)O)c1=O. The predicted octanol–water partition coefficient (Wildman–Crippen LogP) is 0.929. The zero-order valence-corrected chi connectivity index (χ0v) is 16.4. The average molecular weight is 476 g/mol. The van der Waals surface area contributed by atoms with Gasteiger partial charge in [-0.15, -0.1) is 0 Å². The summed E-state index contributed by atoms with van der Waals surface area (Å²) in [5.74, 6) is -2.06. The Morgan fingerprint density at radius 3 is 2.69 bits per heavy atom. The molecule has 2 rings (SSSR count). The number of carbonyl (C=O) groups excluding carboxylic acids is 1. The van der Waals surface area contributed by atoms with Gasteiger partial charge in [-0.1, -0.05) is 0 Å². The Labute approximate surface area is 162 Å². The first-order valence-corrected chi connectivity index (χ1v) is 8.91.